The number of thioether (sulfide) groups is 1. The van der Waals surface area contributed by atoms with Crippen molar-refractivity contribution in [3.8, 4) is 11.5 Å². The lowest BCUT2D eigenvalue weighted by atomic mass is 10.2. The third kappa shape index (κ3) is 4.56. The third-order valence-electron chi connectivity index (χ3n) is 4.29. The minimum absolute atomic E-state index is 0.0470. The van der Waals surface area contributed by atoms with Gasteiger partial charge in [0.1, 0.15) is 16.2 Å². The number of ether oxygens (including phenoxy) is 2. The van der Waals surface area contributed by atoms with Gasteiger partial charge in [-0.25, -0.2) is 9.97 Å². The van der Waals surface area contributed by atoms with Crippen LogP contribution in [0.3, 0.4) is 0 Å². The molecule has 0 aliphatic heterocycles. The summed E-state index contributed by atoms with van der Waals surface area (Å²) in [6, 6.07) is 5.66. The van der Waals surface area contributed by atoms with Crippen molar-refractivity contribution in [3.63, 3.8) is 0 Å². The van der Waals surface area contributed by atoms with Crippen molar-refractivity contribution in [2.75, 3.05) is 19.5 Å². The monoisotopic (exact) mass is 417 g/mol. The van der Waals surface area contributed by atoms with Crippen LogP contribution in [-0.2, 0) is 11.3 Å². The highest BCUT2D eigenvalue weighted by Gasteiger charge is 2.14. The summed E-state index contributed by atoms with van der Waals surface area (Å²) in [6.07, 6.45) is 1.56. The van der Waals surface area contributed by atoms with Crippen molar-refractivity contribution in [3.05, 3.63) is 40.5 Å². The average Bonchev–Trinajstić information content (AvgIpc) is 3.00. The first-order chi connectivity index (χ1) is 13.5. The molecule has 1 aromatic carbocycles. The van der Waals surface area contributed by atoms with Crippen LogP contribution in [-0.4, -0.2) is 35.3 Å². The number of hydrogen-bond acceptors (Lipinski definition) is 7. The van der Waals surface area contributed by atoms with Crippen LogP contribution in [0.4, 0.5) is 0 Å². The zero-order chi connectivity index (χ0) is 20.1. The molecule has 0 fully saturated rings. The quantitative estimate of drug-likeness (QED) is 0.439. The molecule has 3 rings (SSSR count). The van der Waals surface area contributed by atoms with Gasteiger partial charge in [-0.05, 0) is 44.0 Å². The first-order valence-corrected chi connectivity index (χ1v) is 10.7. The van der Waals surface area contributed by atoms with Crippen LogP contribution in [0.1, 0.15) is 22.9 Å². The zero-order valence-corrected chi connectivity index (χ0v) is 18.0. The van der Waals surface area contributed by atoms with E-state index in [1.165, 1.54) is 22.2 Å². The number of aryl methyl sites for hydroxylation is 2. The Labute approximate surface area is 172 Å². The van der Waals surface area contributed by atoms with Crippen LogP contribution in [0.25, 0.3) is 10.2 Å². The molecule has 148 valence electrons. The van der Waals surface area contributed by atoms with Gasteiger partial charge >= 0.3 is 0 Å². The van der Waals surface area contributed by atoms with E-state index >= 15 is 0 Å². The summed E-state index contributed by atoms with van der Waals surface area (Å²) < 4.78 is 10.9. The number of amides is 1. The molecule has 0 radical (unpaired) electrons. The minimum atomic E-state index is -0.0470. The van der Waals surface area contributed by atoms with Crippen LogP contribution in [0.2, 0.25) is 0 Å². The van der Waals surface area contributed by atoms with Crippen molar-refractivity contribution < 1.29 is 14.3 Å². The van der Waals surface area contributed by atoms with E-state index in [-0.39, 0.29) is 5.91 Å². The molecule has 0 aliphatic rings. The molecule has 28 heavy (non-hydrogen) atoms. The van der Waals surface area contributed by atoms with Crippen molar-refractivity contribution in [1.29, 1.82) is 0 Å². The molecular weight excluding hydrogens is 394 g/mol. The molecule has 0 unspecified atom stereocenters. The van der Waals surface area contributed by atoms with E-state index in [0.717, 1.165) is 20.8 Å². The van der Waals surface area contributed by atoms with Gasteiger partial charge in [0.15, 0.2) is 11.5 Å². The Hall–Kier alpha value is -2.32. The number of aromatic nitrogens is 2. The predicted molar refractivity (Wildman–Crippen MR) is 114 cm³/mol. The lowest BCUT2D eigenvalue weighted by molar-refractivity contribution is -0.118. The van der Waals surface area contributed by atoms with Gasteiger partial charge in [0.05, 0.1) is 19.5 Å². The Bertz CT molecular complexity index is 988. The van der Waals surface area contributed by atoms with Crippen molar-refractivity contribution in [1.82, 2.24) is 15.3 Å². The number of nitrogens with one attached hydrogen (secondary N) is 1. The van der Waals surface area contributed by atoms with Gasteiger partial charge < -0.3 is 14.8 Å². The number of nitrogens with zero attached hydrogens (tertiary/aromatic N) is 2. The Morgan fingerprint density at radius 1 is 1.25 bits per heavy atom. The number of hydrogen-bond donors (Lipinski definition) is 1. The van der Waals surface area contributed by atoms with Gasteiger partial charge in [0.25, 0.3) is 0 Å². The van der Waals surface area contributed by atoms with E-state index in [1.54, 1.807) is 24.8 Å². The molecule has 3 aromatic rings. The topological polar surface area (TPSA) is 73.3 Å². The van der Waals surface area contributed by atoms with Crippen LogP contribution >= 0.6 is 23.1 Å². The predicted octanol–water partition coefficient (Wildman–Crippen LogP) is 4.12. The van der Waals surface area contributed by atoms with Crippen LogP contribution in [0.15, 0.2) is 29.6 Å². The highest BCUT2D eigenvalue weighted by atomic mass is 32.2. The molecule has 0 saturated heterocycles. The van der Waals surface area contributed by atoms with Gasteiger partial charge in [0.2, 0.25) is 5.91 Å². The normalized spacial score (nSPS) is 10.9. The van der Waals surface area contributed by atoms with Gasteiger partial charge in [0, 0.05) is 16.8 Å². The molecule has 2 heterocycles. The summed E-state index contributed by atoms with van der Waals surface area (Å²) in [5, 5.41) is 4.85. The lowest BCUT2D eigenvalue weighted by Gasteiger charge is -2.11. The van der Waals surface area contributed by atoms with Gasteiger partial charge in [-0.15, -0.1) is 11.3 Å². The van der Waals surface area contributed by atoms with E-state index in [0.29, 0.717) is 30.4 Å². The SMILES string of the molecule is CCOc1ccc(CNC(=O)CSc2ncnc3sc(C)c(C)c23)cc1OC. The number of carbonyl (C=O) groups is 1. The number of benzene rings is 1. The number of methoxy groups -OCH3 is 1. The van der Waals surface area contributed by atoms with Gasteiger partial charge in [-0.2, -0.15) is 0 Å². The standard InChI is InChI=1S/C20H23N3O3S2/c1-5-26-15-7-6-14(8-16(15)25-4)9-21-17(24)10-27-19-18-12(2)13(3)28-20(18)23-11-22-19/h6-8,11H,5,9-10H2,1-4H3,(H,21,24). The number of rotatable bonds is 8. The second-order valence-corrected chi connectivity index (χ2v) is 8.29. The number of thiophene rings is 1. The van der Waals surface area contributed by atoms with E-state index < -0.39 is 0 Å². The summed E-state index contributed by atoms with van der Waals surface area (Å²) >= 11 is 3.09. The van der Waals surface area contributed by atoms with Crippen molar-refractivity contribution >= 4 is 39.2 Å². The van der Waals surface area contributed by atoms with E-state index in [9.17, 15) is 4.79 Å². The Morgan fingerprint density at radius 3 is 2.82 bits per heavy atom. The minimum Gasteiger partial charge on any atom is -0.493 e. The van der Waals surface area contributed by atoms with E-state index in [2.05, 4.69) is 29.1 Å². The summed E-state index contributed by atoms with van der Waals surface area (Å²) in [5.41, 5.74) is 2.14. The second kappa shape index (κ2) is 9.25. The maximum absolute atomic E-state index is 12.3. The lowest BCUT2D eigenvalue weighted by Crippen LogP contribution is -2.24. The maximum Gasteiger partial charge on any atom is 0.230 e. The zero-order valence-electron chi connectivity index (χ0n) is 16.4. The largest absolute Gasteiger partial charge is 0.493 e. The van der Waals surface area contributed by atoms with Crippen LogP contribution in [0, 0.1) is 13.8 Å². The molecule has 0 atom stereocenters. The van der Waals surface area contributed by atoms with E-state index in [1.807, 2.05) is 25.1 Å². The fraction of sp³-hybridized carbons (Fsp3) is 0.350. The first kappa shape index (κ1) is 20.4. The molecule has 0 bridgehead atoms. The Morgan fingerprint density at radius 2 is 2.07 bits per heavy atom. The molecule has 0 aliphatic carbocycles. The van der Waals surface area contributed by atoms with E-state index in [4.69, 9.17) is 9.47 Å². The van der Waals surface area contributed by atoms with Crippen LogP contribution in [0.5, 0.6) is 11.5 Å². The van der Waals surface area contributed by atoms with Gasteiger partial charge in [-0.3, -0.25) is 4.79 Å². The molecule has 0 spiro atoms. The van der Waals surface area contributed by atoms with Crippen LogP contribution < -0.4 is 14.8 Å². The smallest absolute Gasteiger partial charge is 0.230 e. The first-order valence-electron chi connectivity index (χ1n) is 8.93. The molecule has 8 heteroatoms. The fourth-order valence-electron chi connectivity index (χ4n) is 2.74. The third-order valence-corrected chi connectivity index (χ3v) is 6.39. The summed E-state index contributed by atoms with van der Waals surface area (Å²) in [7, 11) is 1.60. The average molecular weight is 418 g/mol. The molecule has 2 aromatic heterocycles. The number of fused-ring (bicyclic) bond motifs is 1. The summed E-state index contributed by atoms with van der Waals surface area (Å²) in [5.74, 6) is 1.61. The highest BCUT2D eigenvalue weighted by molar-refractivity contribution is 8.00. The summed E-state index contributed by atoms with van der Waals surface area (Å²) in [4.78, 5) is 23.2. The molecule has 0 saturated carbocycles. The highest BCUT2D eigenvalue weighted by Crippen LogP contribution is 2.34. The fourth-order valence-corrected chi connectivity index (χ4v) is 4.69. The summed E-state index contributed by atoms with van der Waals surface area (Å²) in [6.45, 7) is 7.07. The molecule has 1 N–H and O–H groups in total. The molecule has 1 amide bonds. The molecular formula is C20H23N3O3S2. The Kier molecular flexibility index (Phi) is 6.74. The Balaban J connectivity index is 1.60. The second-order valence-electron chi connectivity index (χ2n) is 6.13. The molecule has 6 nitrogen and oxygen atoms in total. The van der Waals surface area contributed by atoms with Crippen molar-refractivity contribution in [2.45, 2.75) is 32.3 Å². The van der Waals surface area contributed by atoms with Gasteiger partial charge in [-0.1, -0.05) is 17.8 Å². The van der Waals surface area contributed by atoms with Crippen molar-refractivity contribution in [2.24, 2.45) is 0 Å². The maximum atomic E-state index is 12.3. The number of carbonyl (C=O) groups excluding carboxylic acids is 1.